The molecule has 0 fully saturated rings. The van der Waals surface area contributed by atoms with Crippen molar-refractivity contribution in [3.63, 3.8) is 0 Å². The van der Waals surface area contributed by atoms with E-state index < -0.39 is 0 Å². The Hall–Kier alpha value is -1.00. The highest BCUT2D eigenvalue weighted by molar-refractivity contribution is 7.50. The van der Waals surface area contributed by atoms with Gasteiger partial charge in [-0.25, -0.2) is 0 Å². The van der Waals surface area contributed by atoms with Crippen LogP contribution in [0.4, 0.5) is 0 Å². The lowest BCUT2D eigenvalue weighted by Gasteiger charge is -1.99. The van der Waals surface area contributed by atoms with Gasteiger partial charge in [-0.2, -0.15) is 0 Å². The molecule has 0 aliphatic heterocycles. The fourth-order valence-corrected chi connectivity index (χ4v) is 2.75. The smallest absolute Gasteiger partial charge is 0.000893 e. The molecule has 1 heteroatoms. The van der Waals surface area contributed by atoms with Crippen molar-refractivity contribution in [1.82, 2.24) is 0 Å². The first-order chi connectivity index (χ1) is 5.88. The topological polar surface area (TPSA) is 0 Å². The molecule has 1 aromatic heterocycles. The average Bonchev–Trinajstić information content (AvgIpc) is 2.53. The fraction of sp³-hybridized carbons (Fsp3) is 0.0909. The fourth-order valence-electron chi connectivity index (χ4n) is 1.37. The third kappa shape index (κ3) is 1.31. The molecular weight excluding hydrogens is 163 g/mol. The van der Waals surface area contributed by atoms with E-state index in [0.717, 1.165) is 0 Å². The molecule has 2 rings (SSSR count). The van der Waals surface area contributed by atoms with Gasteiger partial charge in [-0.05, 0) is 18.0 Å². The van der Waals surface area contributed by atoms with E-state index in [1.807, 2.05) is 0 Å². The van der Waals surface area contributed by atoms with Crippen LogP contribution in [0.15, 0.2) is 48.3 Å². The highest BCUT2D eigenvalue weighted by atomic mass is 31.1. The molecule has 0 nitrogen and oxygen atoms in total. The number of rotatable bonds is 1. The van der Waals surface area contributed by atoms with Gasteiger partial charge in [-0.15, -0.1) is 7.53 Å². The molecule has 0 bridgehead atoms. The van der Waals surface area contributed by atoms with Crippen molar-refractivity contribution in [3.05, 3.63) is 48.3 Å². The molecule has 2 aromatic rings. The van der Waals surface area contributed by atoms with Gasteiger partial charge in [0.15, 0.2) is 0 Å². The molecule has 0 saturated heterocycles. The van der Waals surface area contributed by atoms with Crippen LogP contribution in [0.1, 0.15) is 0 Å². The molecule has 0 N–H and O–H groups in total. The highest BCUT2D eigenvalue weighted by Gasteiger charge is 1.98. The van der Waals surface area contributed by atoms with Crippen LogP contribution in [0.25, 0.3) is 10.9 Å². The average molecular weight is 174 g/mol. The molecule has 0 saturated carbocycles. The quantitative estimate of drug-likeness (QED) is 0.615. The minimum absolute atomic E-state index is 0.0242. The van der Waals surface area contributed by atoms with E-state index in [-0.39, 0.29) is 7.53 Å². The van der Waals surface area contributed by atoms with Gasteiger partial charge in [-0.1, -0.05) is 42.5 Å². The van der Waals surface area contributed by atoms with Gasteiger partial charge in [0.25, 0.3) is 0 Å². The Morgan fingerprint density at radius 3 is 2.25 bits per heavy atom. The van der Waals surface area contributed by atoms with E-state index in [1.165, 1.54) is 10.9 Å². The minimum Gasteiger partial charge on any atom is -0.120 e. The molecule has 0 spiro atoms. The van der Waals surface area contributed by atoms with E-state index in [0.29, 0.717) is 0 Å². The largest absolute Gasteiger partial charge is 0.120 e. The zero-order valence-corrected chi connectivity index (χ0v) is 7.96. The molecule has 0 amide bonds. The summed E-state index contributed by atoms with van der Waals surface area (Å²) in [5.41, 5.74) is 1.37. The van der Waals surface area contributed by atoms with Crippen molar-refractivity contribution in [2.75, 3.05) is 0 Å². The molecule has 60 valence electrons. The zero-order chi connectivity index (χ0) is 8.39. The van der Waals surface area contributed by atoms with Crippen LogP contribution in [-0.4, -0.2) is 0 Å². The molecular formula is C11H11P. The van der Waals surface area contributed by atoms with Crippen LogP contribution in [0.3, 0.4) is 0 Å². The molecule has 0 aliphatic rings. The Labute approximate surface area is 73.9 Å². The lowest BCUT2D eigenvalue weighted by molar-refractivity contribution is 1.70. The third-order valence-electron chi connectivity index (χ3n) is 2.01. The van der Waals surface area contributed by atoms with E-state index in [1.54, 1.807) is 0 Å². The summed E-state index contributed by atoms with van der Waals surface area (Å²) < 4.78 is 0. The highest BCUT2D eigenvalue weighted by Crippen LogP contribution is 2.38. The first-order valence-electron chi connectivity index (χ1n) is 4.05. The summed E-state index contributed by atoms with van der Waals surface area (Å²) in [5, 5.41) is 1.49. The SMILES string of the molecule is Cp1cccc1-c1ccccc1. The normalized spacial score (nSPS) is 11.6. The lowest BCUT2D eigenvalue weighted by Crippen LogP contribution is -1.68. The molecule has 12 heavy (non-hydrogen) atoms. The van der Waals surface area contributed by atoms with Gasteiger partial charge in [0, 0.05) is 5.30 Å². The van der Waals surface area contributed by atoms with Gasteiger partial charge in [-0.3, -0.25) is 0 Å². The maximum Gasteiger partial charge on any atom is 0.000893 e. The number of aryl methyl sites for hydroxylation is 1. The van der Waals surface area contributed by atoms with Gasteiger partial charge in [0.05, 0.1) is 0 Å². The molecule has 1 atom stereocenters. The van der Waals surface area contributed by atoms with E-state index >= 15 is 0 Å². The Morgan fingerprint density at radius 1 is 0.917 bits per heavy atom. The second kappa shape index (κ2) is 3.16. The Kier molecular flexibility index (Phi) is 2.01. The van der Waals surface area contributed by atoms with Crippen LogP contribution in [0.5, 0.6) is 0 Å². The first kappa shape index (κ1) is 7.64. The summed E-state index contributed by atoms with van der Waals surface area (Å²) in [5.74, 6) is 2.29. The zero-order valence-electron chi connectivity index (χ0n) is 7.07. The monoisotopic (exact) mass is 174 g/mol. The predicted molar refractivity (Wildman–Crippen MR) is 55.6 cm³/mol. The second-order valence-electron chi connectivity index (χ2n) is 2.87. The van der Waals surface area contributed by atoms with Gasteiger partial charge >= 0.3 is 0 Å². The summed E-state index contributed by atoms with van der Waals surface area (Å²) in [6.45, 7) is 2.29. The van der Waals surface area contributed by atoms with Gasteiger partial charge in [0.2, 0.25) is 0 Å². The number of benzene rings is 1. The summed E-state index contributed by atoms with van der Waals surface area (Å²) in [6.07, 6.45) is 0. The Balaban J connectivity index is 2.51. The maximum absolute atomic E-state index is 2.29. The van der Waals surface area contributed by atoms with Crippen LogP contribution in [-0.2, 0) is 6.66 Å². The van der Waals surface area contributed by atoms with Crippen molar-refractivity contribution in [3.8, 4) is 10.9 Å². The molecule has 1 unspecified atom stereocenters. The molecule has 0 aliphatic carbocycles. The van der Waals surface area contributed by atoms with Crippen molar-refractivity contribution in [2.45, 2.75) is 0 Å². The van der Waals surface area contributed by atoms with Crippen molar-refractivity contribution < 1.29 is 0 Å². The minimum atomic E-state index is -0.0242. The number of hydrogen-bond donors (Lipinski definition) is 0. The standard InChI is InChI=1S/C11H11P/c1-12-9-5-8-11(12)10-6-3-2-4-7-10/h2-9H,1H3. The Bertz CT molecular complexity index is 360. The van der Waals surface area contributed by atoms with Crippen molar-refractivity contribution >= 4 is 7.53 Å². The Morgan fingerprint density at radius 2 is 1.67 bits per heavy atom. The van der Waals surface area contributed by atoms with Crippen LogP contribution >= 0.6 is 7.53 Å². The lowest BCUT2D eigenvalue weighted by atomic mass is 10.2. The van der Waals surface area contributed by atoms with Crippen LogP contribution in [0, 0.1) is 0 Å². The number of hydrogen-bond acceptors (Lipinski definition) is 0. The first-order valence-corrected chi connectivity index (χ1v) is 5.90. The maximum atomic E-state index is 2.29. The van der Waals surface area contributed by atoms with E-state index in [2.05, 4.69) is 54.9 Å². The summed E-state index contributed by atoms with van der Waals surface area (Å²) in [7, 11) is -0.0242. The molecule has 1 aromatic carbocycles. The summed E-state index contributed by atoms with van der Waals surface area (Å²) in [6, 6.07) is 15.0. The summed E-state index contributed by atoms with van der Waals surface area (Å²) >= 11 is 0. The van der Waals surface area contributed by atoms with Gasteiger partial charge < -0.3 is 0 Å². The van der Waals surface area contributed by atoms with Crippen LogP contribution < -0.4 is 0 Å². The van der Waals surface area contributed by atoms with Crippen molar-refractivity contribution in [2.24, 2.45) is 6.66 Å². The summed E-state index contributed by atoms with van der Waals surface area (Å²) in [4.78, 5) is 0. The van der Waals surface area contributed by atoms with E-state index in [4.69, 9.17) is 0 Å². The molecule has 0 radical (unpaired) electrons. The van der Waals surface area contributed by atoms with Crippen LogP contribution in [0.2, 0.25) is 0 Å². The van der Waals surface area contributed by atoms with Gasteiger partial charge in [0.1, 0.15) is 0 Å². The van der Waals surface area contributed by atoms with E-state index in [9.17, 15) is 0 Å². The predicted octanol–water partition coefficient (Wildman–Crippen LogP) is 3.88. The molecule has 1 heterocycles. The third-order valence-corrected chi connectivity index (χ3v) is 3.80. The van der Waals surface area contributed by atoms with Crippen molar-refractivity contribution in [1.29, 1.82) is 0 Å². The second-order valence-corrected chi connectivity index (χ2v) is 4.87.